The van der Waals surface area contributed by atoms with Crippen LogP contribution in [0.25, 0.3) is 10.8 Å². The number of anilines is 3. The summed E-state index contributed by atoms with van der Waals surface area (Å²) in [6, 6.07) is 38.7. The van der Waals surface area contributed by atoms with Crippen molar-refractivity contribution >= 4 is 50.9 Å². The van der Waals surface area contributed by atoms with Gasteiger partial charge in [0.1, 0.15) is 11.5 Å². The highest BCUT2D eigenvalue weighted by molar-refractivity contribution is 7.00. The van der Waals surface area contributed by atoms with Crippen LogP contribution in [0.15, 0.2) is 109 Å². The van der Waals surface area contributed by atoms with Gasteiger partial charge in [-0.25, -0.2) is 0 Å². The number of rotatable bonds is 1. The highest BCUT2D eigenvalue weighted by Gasteiger charge is 2.42. The van der Waals surface area contributed by atoms with Crippen molar-refractivity contribution in [2.75, 3.05) is 4.90 Å². The zero-order valence-corrected chi connectivity index (χ0v) is 16.8. The van der Waals surface area contributed by atoms with Gasteiger partial charge in [0, 0.05) is 17.1 Å². The highest BCUT2D eigenvalue weighted by atomic mass is 16.5. The average Bonchev–Trinajstić information content (AvgIpc) is 2.84. The summed E-state index contributed by atoms with van der Waals surface area (Å²) in [5.74, 6) is 1.90. The van der Waals surface area contributed by atoms with Gasteiger partial charge in [-0.3, -0.25) is 0 Å². The van der Waals surface area contributed by atoms with Crippen molar-refractivity contribution in [3.63, 3.8) is 0 Å². The molecule has 0 saturated carbocycles. The summed E-state index contributed by atoms with van der Waals surface area (Å²) in [5.41, 5.74) is 7.39. The number of hydrogen-bond acceptors (Lipinski definition) is 2. The Morgan fingerprint density at radius 1 is 0.548 bits per heavy atom. The topological polar surface area (TPSA) is 12.5 Å². The molecule has 3 heteroatoms. The second-order valence-corrected chi connectivity index (χ2v) is 8.15. The summed E-state index contributed by atoms with van der Waals surface area (Å²) < 4.78 is 6.50. The molecule has 7 rings (SSSR count). The third-order valence-electron chi connectivity index (χ3n) is 6.52. The van der Waals surface area contributed by atoms with E-state index in [1.807, 2.05) is 0 Å². The zero-order valence-electron chi connectivity index (χ0n) is 16.8. The summed E-state index contributed by atoms with van der Waals surface area (Å²) in [5, 5.41) is 2.50. The first-order valence-electron chi connectivity index (χ1n) is 10.7. The van der Waals surface area contributed by atoms with Crippen LogP contribution >= 0.6 is 0 Å². The second-order valence-electron chi connectivity index (χ2n) is 8.15. The first kappa shape index (κ1) is 16.8. The lowest BCUT2D eigenvalue weighted by Crippen LogP contribution is -2.59. The van der Waals surface area contributed by atoms with E-state index < -0.39 is 0 Å². The molecule has 0 bridgehead atoms. The van der Waals surface area contributed by atoms with Crippen LogP contribution in [0.1, 0.15) is 0 Å². The summed E-state index contributed by atoms with van der Waals surface area (Å²) >= 11 is 0. The molecule has 0 fully saturated rings. The average molecular weight is 395 g/mol. The van der Waals surface area contributed by atoms with Crippen molar-refractivity contribution < 1.29 is 4.74 Å². The molecule has 0 saturated heterocycles. The summed E-state index contributed by atoms with van der Waals surface area (Å²) in [7, 11) is 0. The molecular formula is C28H18BNO. The normalized spacial score (nSPS) is 13.3. The van der Waals surface area contributed by atoms with Crippen molar-refractivity contribution in [1.82, 2.24) is 0 Å². The van der Waals surface area contributed by atoms with Crippen molar-refractivity contribution in [3.05, 3.63) is 109 Å². The van der Waals surface area contributed by atoms with E-state index in [0.717, 1.165) is 17.2 Å². The van der Waals surface area contributed by atoms with Crippen LogP contribution in [-0.2, 0) is 0 Å². The van der Waals surface area contributed by atoms with Crippen molar-refractivity contribution in [1.29, 1.82) is 0 Å². The standard InChI is InChI=1S/C28H18BNO/c1-2-10-20(11-3-1)30-23-14-7-6-13-22(23)29-27-21-12-5-4-9-19(21)17-18-26(27)31-25-16-8-15-24(30)28(25)29/h1-18H. The number of benzene rings is 5. The molecule has 144 valence electrons. The lowest BCUT2D eigenvalue weighted by Gasteiger charge is -2.40. The van der Waals surface area contributed by atoms with E-state index in [0.29, 0.717) is 0 Å². The molecule has 2 aliphatic rings. The number of hydrogen-bond donors (Lipinski definition) is 0. The number of ether oxygens (including phenoxy) is 1. The molecule has 2 heterocycles. The molecule has 2 aliphatic heterocycles. The van der Waals surface area contributed by atoms with Gasteiger partial charge in [-0.05, 0) is 63.6 Å². The molecule has 5 aromatic rings. The number of para-hydroxylation sites is 2. The smallest absolute Gasteiger partial charge is 0.257 e. The third kappa shape index (κ3) is 2.29. The first-order valence-corrected chi connectivity index (χ1v) is 10.7. The number of nitrogens with zero attached hydrogens (tertiary/aromatic N) is 1. The van der Waals surface area contributed by atoms with Gasteiger partial charge >= 0.3 is 0 Å². The molecule has 2 nitrogen and oxygen atoms in total. The van der Waals surface area contributed by atoms with Crippen LogP contribution in [0, 0.1) is 0 Å². The minimum absolute atomic E-state index is 0.136. The maximum Gasteiger partial charge on any atom is 0.257 e. The fraction of sp³-hybridized carbons (Fsp3) is 0. The number of fused-ring (bicyclic) bond motifs is 6. The Hall–Kier alpha value is -3.98. The van der Waals surface area contributed by atoms with E-state index in [1.165, 1.54) is 38.5 Å². The quantitative estimate of drug-likeness (QED) is 0.352. The van der Waals surface area contributed by atoms with Crippen molar-refractivity contribution in [3.8, 4) is 11.5 Å². The Morgan fingerprint density at radius 3 is 2.23 bits per heavy atom. The van der Waals surface area contributed by atoms with Crippen LogP contribution in [0.2, 0.25) is 0 Å². The van der Waals surface area contributed by atoms with Gasteiger partial charge in [-0.1, -0.05) is 72.8 Å². The fourth-order valence-electron chi connectivity index (χ4n) is 5.26. The summed E-state index contributed by atoms with van der Waals surface area (Å²) in [6.45, 7) is 0.136. The monoisotopic (exact) mass is 395 g/mol. The lowest BCUT2D eigenvalue weighted by atomic mass is 9.33. The zero-order chi connectivity index (χ0) is 20.4. The Labute approximate surface area is 181 Å². The molecule has 31 heavy (non-hydrogen) atoms. The van der Waals surface area contributed by atoms with Gasteiger partial charge in [0.05, 0.1) is 0 Å². The molecule has 0 aliphatic carbocycles. The molecule has 0 unspecified atom stereocenters. The fourth-order valence-corrected chi connectivity index (χ4v) is 5.26. The van der Waals surface area contributed by atoms with Crippen LogP contribution in [0.5, 0.6) is 11.5 Å². The van der Waals surface area contributed by atoms with Gasteiger partial charge in [0.25, 0.3) is 6.71 Å². The third-order valence-corrected chi connectivity index (χ3v) is 6.52. The maximum absolute atomic E-state index is 6.50. The minimum Gasteiger partial charge on any atom is -0.458 e. The Kier molecular flexibility index (Phi) is 3.39. The molecule has 5 aromatic carbocycles. The van der Waals surface area contributed by atoms with E-state index in [4.69, 9.17) is 4.74 Å². The molecule has 0 spiro atoms. The van der Waals surface area contributed by atoms with E-state index >= 15 is 0 Å². The SMILES string of the molecule is c1ccc(N2c3ccccc3B3c4c(cccc42)Oc2ccc4ccccc4c23)cc1. The van der Waals surface area contributed by atoms with Crippen LogP contribution in [0.3, 0.4) is 0 Å². The first-order chi connectivity index (χ1) is 15.4. The van der Waals surface area contributed by atoms with E-state index in [2.05, 4.69) is 114 Å². The summed E-state index contributed by atoms with van der Waals surface area (Å²) in [4.78, 5) is 2.37. The van der Waals surface area contributed by atoms with Crippen LogP contribution in [-0.4, -0.2) is 6.71 Å². The summed E-state index contributed by atoms with van der Waals surface area (Å²) in [6.07, 6.45) is 0. The van der Waals surface area contributed by atoms with Gasteiger partial charge < -0.3 is 9.64 Å². The van der Waals surface area contributed by atoms with Gasteiger partial charge in [0.2, 0.25) is 0 Å². The molecule has 0 N–H and O–H groups in total. The van der Waals surface area contributed by atoms with E-state index in [-0.39, 0.29) is 6.71 Å². The van der Waals surface area contributed by atoms with Gasteiger partial charge in [0.15, 0.2) is 0 Å². The van der Waals surface area contributed by atoms with Gasteiger partial charge in [-0.15, -0.1) is 0 Å². The second kappa shape index (κ2) is 6.26. The van der Waals surface area contributed by atoms with E-state index in [1.54, 1.807) is 0 Å². The van der Waals surface area contributed by atoms with E-state index in [9.17, 15) is 0 Å². The highest BCUT2D eigenvalue weighted by Crippen LogP contribution is 2.40. The Morgan fingerprint density at radius 2 is 1.29 bits per heavy atom. The van der Waals surface area contributed by atoms with Crippen molar-refractivity contribution in [2.24, 2.45) is 0 Å². The lowest BCUT2D eigenvalue weighted by molar-refractivity contribution is 0.488. The van der Waals surface area contributed by atoms with Gasteiger partial charge in [-0.2, -0.15) is 0 Å². The molecule has 0 atom stereocenters. The predicted molar refractivity (Wildman–Crippen MR) is 130 cm³/mol. The molecule has 0 amide bonds. The van der Waals surface area contributed by atoms with Crippen LogP contribution in [0.4, 0.5) is 17.1 Å². The maximum atomic E-state index is 6.50. The molecular weight excluding hydrogens is 377 g/mol. The van der Waals surface area contributed by atoms with Crippen molar-refractivity contribution in [2.45, 2.75) is 0 Å². The molecule has 0 radical (unpaired) electrons. The Balaban J connectivity index is 1.60. The predicted octanol–water partition coefficient (Wildman–Crippen LogP) is 5.24. The molecule has 0 aromatic heterocycles. The largest absolute Gasteiger partial charge is 0.458 e. The minimum atomic E-state index is 0.136. The van der Waals surface area contributed by atoms with Crippen LogP contribution < -0.4 is 26.0 Å². The Bertz CT molecular complexity index is 1480.